The second kappa shape index (κ2) is 6.44. The van der Waals surface area contributed by atoms with Gasteiger partial charge in [-0.25, -0.2) is 0 Å². The van der Waals surface area contributed by atoms with Crippen LogP contribution in [-0.2, 0) is 0 Å². The molecule has 0 aliphatic carbocycles. The first-order chi connectivity index (χ1) is 9.71. The summed E-state index contributed by atoms with van der Waals surface area (Å²) in [6, 6.07) is 14.5. The molecule has 0 heterocycles. The molecule has 0 aliphatic heterocycles. The molecule has 0 aliphatic rings. The topological polar surface area (TPSA) is 30.5 Å². The minimum atomic E-state index is 0.276. The van der Waals surface area contributed by atoms with Gasteiger partial charge in [-0.2, -0.15) is 0 Å². The van der Waals surface area contributed by atoms with E-state index in [1.54, 1.807) is 14.2 Å². The molecular formula is C17H21NO2. The van der Waals surface area contributed by atoms with E-state index in [4.69, 9.17) is 9.47 Å². The van der Waals surface area contributed by atoms with Gasteiger partial charge in [-0.05, 0) is 37.2 Å². The van der Waals surface area contributed by atoms with E-state index >= 15 is 0 Å². The predicted octanol–water partition coefficient (Wildman–Crippen LogP) is 3.65. The zero-order valence-corrected chi connectivity index (χ0v) is 12.4. The third kappa shape index (κ3) is 2.78. The van der Waals surface area contributed by atoms with E-state index in [0.717, 1.165) is 17.1 Å². The van der Waals surface area contributed by atoms with E-state index in [-0.39, 0.29) is 6.04 Å². The summed E-state index contributed by atoms with van der Waals surface area (Å²) in [6.45, 7) is 2.15. The van der Waals surface area contributed by atoms with E-state index < -0.39 is 0 Å². The van der Waals surface area contributed by atoms with E-state index in [1.807, 2.05) is 31.3 Å². The molecule has 0 amide bonds. The van der Waals surface area contributed by atoms with Gasteiger partial charge in [0.25, 0.3) is 0 Å². The summed E-state index contributed by atoms with van der Waals surface area (Å²) in [4.78, 5) is 0. The fourth-order valence-corrected chi connectivity index (χ4v) is 2.30. The van der Waals surface area contributed by atoms with Crippen LogP contribution in [0.4, 0.5) is 0 Å². The van der Waals surface area contributed by atoms with Gasteiger partial charge in [-0.3, -0.25) is 0 Å². The highest BCUT2D eigenvalue weighted by atomic mass is 16.5. The fraction of sp³-hybridized carbons (Fsp3) is 0.294. The number of methoxy groups -OCH3 is 2. The van der Waals surface area contributed by atoms with Gasteiger partial charge in [0, 0.05) is 17.7 Å². The number of nitrogens with one attached hydrogen (secondary N) is 1. The van der Waals surface area contributed by atoms with Crippen molar-refractivity contribution in [2.75, 3.05) is 21.3 Å². The first-order valence-corrected chi connectivity index (χ1v) is 6.69. The van der Waals surface area contributed by atoms with Crippen LogP contribution in [0.15, 0.2) is 42.5 Å². The number of hydrogen-bond donors (Lipinski definition) is 1. The molecule has 20 heavy (non-hydrogen) atoms. The van der Waals surface area contributed by atoms with Gasteiger partial charge in [0.05, 0.1) is 14.2 Å². The van der Waals surface area contributed by atoms with Gasteiger partial charge >= 0.3 is 0 Å². The molecule has 106 valence electrons. The molecule has 0 spiro atoms. The van der Waals surface area contributed by atoms with Crippen LogP contribution in [0.1, 0.15) is 18.5 Å². The molecule has 0 saturated heterocycles. The Kier molecular flexibility index (Phi) is 4.64. The van der Waals surface area contributed by atoms with Crippen LogP contribution < -0.4 is 14.8 Å². The van der Waals surface area contributed by atoms with Crippen LogP contribution in [-0.4, -0.2) is 21.3 Å². The van der Waals surface area contributed by atoms with Crippen LogP contribution in [0.5, 0.6) is 11.5 Å². The molecule has 0 bridgehead atoms. The van der Waals surface area contributed by atoms with Crippen molar-refractivity contribution < 1.29 is 9.47 Å². The minimum absolute atomic E-state index is 0.276. The van der Waals surface area contributed by atoms with Crippen LogP contribution in [0.3, 0.4) is 0 Å². The second-order valence-electron chi connectivity index (χ2n) is 4.66. The van der Waals surface area contributed by atoms with Crippen molar-refractivity contribution in [1.82, 2.24) is 5.32 Å². The highest BCUT2D eigenvalue weighted by Crippen LogP contribution is 2.36. The largest absolute Gasteiger partial charge is 0.497 e. The molecule has 0 saturated carbocycles. The quantitative estimate of drug-likeness (QED) is 0.900. The van der Waals surface area contributed by atoms with Gasteiger partial charge < -0.3 is 14.8 Å². The maximum absolute atomic E-state index is 5.51. The molecule has 3 heteroatoms. The Labute approximate surface area is 120 Å². The number of benzene rings is 2. The Balaban J connectivity index is 2.56. The average Bonchev–Trinajstić information content (AvgIpc) is 2.53. The minimum Gasteiger partial charge on any atom is -0.497 e. The third-order valence-electron chi connectivity index (χ3n) is 3.56. The van der Waals surface area contributed by atoms with Crippen molar-refractivity contribution in [3.05, 3.63) is 48.0 Å². The Morgan fingerprint density at radius 3 is 2.35 bits per heavy atom. The third-order valence-corrected chi connectivity index (χ3v) is 3.56. The predicted molar refractivity (Wildman–Crippen MR) is 82.5 cm³/mol. The zero-order chi connectivity index (χ0) is 14.5. The molecule has 3 nitrogen and oxygen atoms in total. The van der Waals surface area contributed by atoms with Gasteiger partial charge in [0.2, 0.25) is 0 Å². The smallest absolute Gasteiger partial charge is 0.130 e. The number of ether oxygens (including phenoxy) is 2. The molecule has 1 unspecified atom stereocenters. The van der Waals surface area contributed by atoms with E-state index in [0.29, 0.717) is 0 Å². The number of rotatable bonds is 5. The van der Waals surface area contributed by atoms with Crippen molar-refractivity contribution in [3.8, 4) is 22.6 Å². The first kappa shape index (κ1) is 14.4. The van der Waals surface area contributed by atoms with Crippen LogP contribution in [0, 0.1) is 0 Å². The van der Waals surface area contributed by atoms with E-state index in [2.05, 4.69) is 30.4 Å². The van der Waals surface area contributed by atoms with Crippen LogP contribution in [0.2, 0.25) is 0 Å². The highest BCUT2D eigenvalue weighted by molar-refractivity contribution is 5.74. The summed E-state index contributed by atoms with van der Waals surface area (Å²) in [5, 5.41) is 3.29. The Hall–Kier alpha value is -2.00. The molecule has 0 radical (unpaired) electrons. The monoisotopic (exact) mass is 271 g/mol. The molecule has 2 aromatic rings. The lowest BCUT2D eigenvalue weighted by molar-refractivity contribution is 0.395. The molecule has 1 atom stereocenters. The van der Waals surface area contributed by atoms with E-state index in [9.17, 15) is 0 Å². The lowest BCUT2D eigenvalue weighted by Crippen LogP contribution is -2.13. The van der Waals surface area contributed by atoms with Crippen molar-refractivity contribution >= 4 is 0 Å². The Morgan fingerprint density at radius 2 is 1.70 bits per heavy atom. The van der Waals surface area contributed by atoms with Crippen LogP contribution >= 0.6 is 0 Å². The lowest BCUT2D eigenvalue weighted by Gasteiger charge is -2.18. The summed E-state index contributed by atoms with van der Waals surface area (Å²) in [7, 11) is 5.31. The van der Waals surface area contributed by atoms with Gasteiger partial charge in [-0.15, -0.1) is 0 Å². The number of hydrogen-bond acceptors (Lipinski definition) is 3. The summed E-state index contributed by atoms with van der Waals surface area (Å²) in [5.41, 5.74) is 3.50. The molecule has 2 rings (SSSR count). The van der Waals surface area contributed by atoms with E-state index in [1.165, 1.54) is 11.1 Å². The second-order valence-corrected chi connectivity index (χ2v) is 4.66. The Bertz CT molecular complexity index is 581. The molecule has 0 fully saturated rings. The van der Waals surface area contributed by atoms with Gasteiger partial charge in [-0.1, -0.05) is 24.3 Å². The maximum Gasteiger partial charge on any atom is 0.130 e. The van der Waals surface area contributed by atoms with Crippen molar-refractivity contribution in [2.24, 2.45) is 0 Å². The summed E-state index contributed by atoms with van der Waals surface area (Å²) >= 11 is 0. The summed E-state index contributed by atoms with van der Waals surface area (Å²) < 4.78 is 10.8. The standard InChI is InChI=1S/C17H21NO2/c1-12(18-2)14-7-5-6-8-15(14)16-10-9-13(19-3)11-17(16)20-4/h5-12,18H,1-4H3. The van der Waals surface area contributed by atoms with Crippen molar-refractivity contribution in [2.45, 2.75) is 13.0 Å². The fourth-order valence-electron chi connectivity index (χ4n) is 2.30. The molecular weight excluding hydrogens is 250 g/mol. The molecule has 2 aromatic carbocycles. The summed E-state index contributed by atoms with van der Waals surface area (Å²) in [6.07, 6.45) is 0. The SMILES string of the molecule is CNC(C)c1ccccc1-c1ccc(OC)cc1OC. The van der Waals surface area contributed by atoms with Crippen molar-refractivity contribution in [3.63, 3.8) is 0 Å². The van der Waals surface area contributed by atoms with Crippen molar-refractivity contribution in [1.29, 1.82) is 0 Å². The Morgan fingerprint density at radius 1 is 0.950 bits per heavy atom. The first-order valence-electron chi connectivity index (χ1n) is 6.69. The molecule has 0 aromatic heterocycles. The zero-order valence-electron chi connectivity index (χ0n) is 12.4. The average molecular weight is 271 g/mol. The normalized spacial score (nSPS) is 12.0. The van der Waals surface area contributed by atoms with Gasteiger partial charge in [0.1, 0.15) is 11.5 Å². The lowest BCUT2D eigenvalue weighted by atomic mass is 9.95. The van der Waals surface area contributed by atoms with Crippen LogP contribution in [0.25, 0.3) is 11.1 Å². The van der Waals surface area contributed by atoms with Gasteiger partial charge in [0.15, 0.2) is 0 Å². The highest BCUT2D eigenvalue weighted by Gasteiger charge is 2.14. The molecule has 1 N–H and O–H groups in total. The summed E-state index contributed by atoms with van der Waals surface area (Å²) in [5.74, 6) is 1.62. The maximum atomic E-state index is 5.51.